The summed E-state index contributed by atoms with van der Waals surface area (Å²) in [5, 5.41) is 18.8. The number of rotatable bonds is 4. The third-order valence-corrected chi connectivity index (χ3v) is 7.35. The molecular formula is C20H23BrFN5O5S. The number of benzene rings is 1. The summed E-state index contributed by atoms with van der Waals surface area (Å²) in [5.41, 5.74) is 0.242. The van der Waals surface area contributed by atoms with Gasteiger partial charge in [0.05, 0.1) is 15.7 Å². The molecule has 4 rings (SSSR count). The molecule has 0 bridgehead atoms. The number of hydrogen-bond acceptors (Lipinski definition) is 8. The minimum absolute atomic E-state index is 0.0105. The Balaban J connectivity index is 1.70. The van der Waals surface area contributed by atoms with Gasteiger partial charge in [-0.25, -0.2) is 18.5 Å². The van der Waals surface area contributed by atoms with Gasteiger partial charge in [-0.05, 0) is 67.7 Å². The summed E-state index contributed by atoms with van der Waals surface area (Å²) in [6.45, 7) is 6.74. The lowest BCUT2D eigenvalue weighted by Crippen LogP contribution is -2.48. The van der Waals surface area contributed by atoms with Gasteiger partial charge in [0, 0.05) is 18.3 Å². The summed E-state index contributed by atoms with van der Waals surface area (Å²) >= 11 is 4.64. The first-order chi connectivity index (χ1) is 15.6. The topological polar surface area (TPSA) is 113 Å². The molecule has 13 heteroatoms. The maximum absolute atomic E-state index is 13.8. The van der Waals surface area contributed by atoms with E-state index in [9.17, 15) is 19.1 Å². The quantitative estimate of drug-likeness (QED) is 0.621. The summed E-state index contributed by atoms with van der Waals surface area (Å²) in [4.78, 5) is 31.1. The fraction of sp³-hybridized carbons (Fsp3) is 0.500. The highest BCUT2D eigenvalue weighted by Gasteiger charge is 2.44. The number of likely N-dealkylation sites (tertiary alicyclic amines) is 1. The van der Waals surface area contributed by atoms with Crippen LogP contribution < -0.4 is 5.76 Å². The maximum Gasteiger partial charge on any atom is 0.446 e. The number of hydroxylamine groups is 2. The molecule has 3 heterocycles. The van der Waals surface area contributed by atoms with Crippen molar-refractivity contribution in [3.63, 3.8) is 0 Å². The van der Waals surface area contributed by atoms with Gasteiger partial charge in [0.25, 0.3) is 0 Å². The molecule has 2 unspecified atom stereocenters. The highest BCUT2D eigenvalue weighted by molar-refractivity contribution is 9.10. The first-order valence-corrected chi connectivity index (χ1v) is 12.0. The van der Waals surface area contributed by atoms with E-state index in [-0.39, 0.29) is 15.5 Å². The molecule has 0 spiro atoms. The van der Waals surface area contributed by atoms with Crippen molar-refractivity contribution in [1.82, 2.24) is 19.7 Å². The standard InChI is InChI=1S/C20H23BrFN5O5S/c1-20(2,3)27-17(33-12-5-4-8-25(10-12)18(28)29)15(23-32-27)16-24-31-19(30)26(16)11-6-7-14(22)13(21)9-11/h6-7,9,12,17H,4-5,8,10H2,1-3H3,(H,28,29). The Morgan fingerprint density at radius 3 is 2.79 bits per heavy atom. The fourth-order valence-electron chi connectivity index (χ4n) is 3.70. The number of amides is 1. The van der Waals surface area contributed by atoms with Crippen molar-refractivity contribution in [3.05, 3.63) is 44.9 Å². The number of oxime groups is 1. The number of aromatic nitrogens is 2. The molecule has 0 radical (unpaired) electrons. The molecule has 2 aromatic rings. The lowest BCUT2D eigenvalue weighted by molar-refractivity contribution is -0.190. The van der Waals surface area contributed by atoms with E-state index in [0.717, 1.165) is 12.8 Å². The number of thioether (sulfide) groups is 1. The van der Waals surface area contributed by atoms with Gasteiger partial charge < -0.3 is 10.0 Å². The molecule has 178 valence electrons. The molecule has 0 saturated carbocycles. The summed E-state index contributed by atoms with van der Waals surface area (Å²) < 4.78 is 20.1. The number of piperidine rings is 1. The van der Waals surface area contributed by atoms with E-state index >= 15 is 0 Å². The predicted molar refractivity (Wildman–Crippen MR) is 123 cm³/mol. The normalized spacial score (nSPS) is 21.7. The summed E-state index contributed by atoms with van der Waals surface area (Å²) in [5.74, 6) is -1.09. The van der Waals surface area contributed by atoms with Crippen molar-refractivity contribution in [3.8, 4) is 5.69 Å². The van der Waals surface area contributed by atoms with Gasteiger partial charge in [-0.15, -0.1) is 11.8 Å². The molecule has 1 aromatic heterocycles. The number of halogens is 2. The maximum atomic E-state index is 13.8. The lowest BCUT2D eigenvalue weighted by Gasteiger charge is -2.36. The zero-order chi connectivity index (χ0) is 23.9. The van der Waals surface area contributed by atoms with Crippen molar-refractivity contribution >= 4 is 39.5 Å². The smallest absolute Gasteiger partial charge is 0.446 e. The largest absolute Gasteiger partial charge is 0.465 e. The van der Waals surface area contributed by atoms with E-state index in [0.29, 0.717) is 24.5 Å². The van der Waals surface area contributed by atoms with Crippen LogP contribution in [0.3, 0.4) is 0 Å². The molecule has 2 aliphatic heterocycles. The molecule has 2 atom stereocenters. The Hall–Kier alpha value is -2.38. The van der Waals surface area contributed by atoms with E-state index in [1.807, 2.05) is 20.8 Å². The average Bonchev–Trinajstić information content (AvgIpc) is 3.33. The van der Waals surface area contributed by atoms with E-state index < -0.39 is 28.6 Å². The Kier molecular flexibility index (Phi) is 6.56. The second kappa shape index (κ2) is 9.11. The Morgan fingerprint density at radius 1 is 1.36 bits per heavy atom. The number of nitrogens with zero attached hydrogens (tertiary/aromatic N) is 5. The van der Waals surface area contributed by atoms with E-state index in [4.69, 9.17) is 9.46 Å². The van der Waals surface area contributed by atoms with Crippen LogP contribution in [0.2, 0.25) is 0 Å². The third kappa shape index (κ3) is 4.80. The molecule has 1 fully saturated rings. The van der Waals surface area contributed by atoms with Gasteiger partial charge >= 0.3 is 11.8 Å². The monoisotopic (exact) mass is 543 g/mol. The van der Waals surface area contributed by atoms with Crippen LogP contribution >= 0.6 is 27.7 Å². The van der Waals surface area contributed by atoms with Crippen molar-refractivity contribution in [2.24, 2.45) is 5.16 Å². The Bertz CT molecular complexity index is 1150. The van der Waals surface area contributed by atoms with Gasteiger partial charge in [-0.3, -0.25) is 9.46 Å². The summed E-state index contributed by atoms with van der Waals surface area (Å²) in [6, 6.07) is 4.11. The predicted octanol–water partition coefficient (Wildman–Crippen LogP) is 3.68. The second-order valence-corrected chi connectivity index (χ2v) is 11.0. The molecule has 10 nitrogen and oxygen atoms in total. The second-order valence-electron chi connectivity index (χ2n) is 8.74. The molecule has 1 aromatic carbocycles. The Morgan fingerprint density at radius 2 is 2.12 bits per heavy atom. The first kappa shape index (κ1) is 23.8. The number of carboxylic acid groups (broad SMARTS) is 1. The van der Waals surface area contributed by atoms with E-state index in [1.54, 1.807) is 5.06 Å². The lowest BCUT2D eigenvalue weighted by atomic mass is 10.1. The molecule has 1 saturated heterocycles. The molecule has 0 aliphatic carbocycles. The average molecular weight is 544 g/mol. The van der Waals surface area contributed by atoms with Crippen LogP contribution in [0.1, 0.15) is 39.4 Å². The molecule has 2 aliphatic rings. The van der Waals surface area contributed by atoms with Gasteiger partial charge in [-0.1, -0.05) is 15.4 Å². The third-order valence-electron chi connectivity index (χ3n) is 5.30. The van der Waals surface area contributed by atoms with Gasteiger partial charge in [0.1, 0.15) is 11.2 Å². The van der Waals surface area contributed by atoms with Crippen LogP contribution in [0, 0.1) is 5.82 Å². The SMILES string of the molecule is CC(C)(C)N1ON=C(c2noc(=O)n2-c2ccc(F)c(Br)c2)C1SC1CCCN(C(=O)O)C1. The molecular weight excluding hydrogens is 521 g/mol. The van der Waals surface area contributed by atoms with Gasteiger partial charge in [0.2, 0.25) is 5.82 Å². The highest BCUT2D eigenvalue weighted by Crippen LogP contribution is 2.37. The van der Waals surface area contributed by atoms with Crippen LogP contribution in [0.4, 0.5) is 9.18 Å². The van der Waals surface area contributed by atoms with Crippen molar-refractivity contribution in [1.29, 1.82) is 0 Å². The van der Waals surface area contributed by atoms with Crippen LogP contribution in [0.5, 0.6) is 0 Å². The van der Waals surface area contributed by atoms with Crippen LogP contribution in [0.15, 0.2) is 37.1 Å². The summed E-state index contributed by atoms with van der Waals surface area (Å²) in [6.07, 6.45) is 0.627. The minimum atomic E-state index is -0.947. The molecule has 1 N–H and O–H groups in total. The fourth-order valence-corrected chi connectivity index (χ4v) is 5.74. The highest BCUT2D eigenvalue weighted by atomic mass is 79.9. The number of hydrogen-bond donors (Lipinski definition) is 1. The van der Waals surface area contributed by atoms with Crippen LogP contribution in [-0.2, 0) is 4.94 Å². The van der Waals surface area contributed by atoms with Gasteiger partial charge in [-0.2, -0.15) is 0 Å². The molecule has 1 amide bonds. The van der Waals surface area contributed by atoms with Crippen molar-refractivity contribution in [2.45, 2.75) is 49.8 Å². The summed E-state index contributed by atoms with van der Waals surface area (Å²) in [7, 11) is 0. The molecule has 33 heavy (non-hydrogen) atoms. The number of carbonyl (C=O) groups is 1. The first-order valence-electron chi connectivity index (χ1n) is 10.3. The Labute approximate surface area is 201 Å². The van der Waals surface area contributed by atoms with Crippen molar-refractivity contribution in [2.75, 3.05) is 13.1 Å². The van der Waals surface area contributed by atoms with Gasteiger partial charge in [0.15, 0.2) is 5.71 Å². The van der Waals surface area contributed by atoms with Crippen molar-refractivity contribution < 1.29 is 23.8 Å². The zero-order valence-corrected chi connectivity index (χ0v) is 20.6. The van der Waals surface area contributed by atoms with Crippen LogP contribution in [0.25, 0.3) is 5.69 Å². The minimum Gasteiger partial charge on any atom is -0.465 e. The zero-order valence-electron chi connectivity index (χ0n) is 18.2. The van der Waals surface area contributed by atoms with E-state index in [2.05, 4.69) is 26.2 Å². The van der Waals surface area contributed by atoms with E-state index in [1.165, 1.54) is 39.4 Å². The van der Waals surface area contributed by atoms with Crippen LogP contribution in [-0.4, -0.2) is 65.9 Å².